The topological polar surface area (TPSA) is 113 Å². The van der Waals surface area contributed by atoms with E-state index in [1.165, 1.54) is 6.33 Å². The van der Waals surface area contributed by atoms with Gasteiger partial charge in [0.2, 0.25) is 5.88 Å². The van der Waals surface area contributed by atoms with Crippen LogP contribution in [0.15, 0.2) is 78.1 Å². The van der Waals surface area contributed by atoms with Crippen LogP contribution in [0.25, 0.3) is 33.5 Å². The molecule has 0 bridgehead atoms. The van der Waals surface area contributed by atoms with Crippen molar-refractivity contribution in [3.8, 4) is 22.8 Å². The Hall–Kier alpha value is -4.81. The van der Waals surface area contributed by atoms with Crippen molar-refractivity contribution in [3.05, 3.63) is 95.1 Å². The van der Waals surface area contributed by atoms with E-state index in [0.717, 1.165) is 28.2 Å². The fraction of sp³-hybridized carbons (Fsp3) is 0.303. The molecule has 0 radical (unpaired) electrons. The van der Waals surface area contributed by atoms with Gasteiger partial charge in [0.1, 0.15) is 30.0 Å². The van der Waals surface area contributed by atoms with Gasteiger partial charge in [0.05, 0.1) is 29.9 Å². The highest BCUT2D eigenvalue weighted by molar-refractivity contribution is 6.76. The van der Waals surface area contributed by atoms with E-state index >= 15 is 0 Å². The van der Waals surface area contributed by atoms with Gasteiger partial charge < -0.3 is 19.4 Å². The van der Waals surface area contributed by atoms with Gasteiger partial charge in [0.15, 0.2) is 5.82 Å². The molecular weight excluding hydrogens is 585 g/mol. The normalized spacial score (nSPS) is 12.6. The van der Waals surface area contributed by atoms with Gasteiger partial charge in [-0.3, -0.25) is 9.36 Å². The molecule has 6 aromatic rings. The largest absolute Gasteiger partial charge is 0.481 e. The standard InChI is InChI=1S/C33H38N8O3Si/c1-22-15-16-40-29(22)33(42)41(24-11-8-7-9-12-24)31(38-40)23(2)36-30-28-25(26-13-10-14-27(37-26)43-3)19-39(32(28)35-20-34-30)21-44-17-18-45(4,5)6/h7-16,19-20,23H,17-18,21H2,1-6H3,(H,34,35,36)/t23-/m0/s1. The van der Waals surface area contributed by atoms with Crippen molar-refractivity contribution < 1.29 is 9.47 Å². The maximum Gasteiger partial charge on any atom is 0.282 e. The summed E-state index contributed by atoms with van der Waals surface area (Å²) in [4.78, 5) is 28.0. The Kier molecular flexibility index (Phi) is 8.25. The molecule has 5 aromatic heterocycles. The molecule has 1 N–H and O–H groups in total. The summed E-state index contributed by atoms with van der Waals surface area (Å²) in [7, 11) is 0.357. The second-order valence-corrected chi connectivity index (χ2v) is 18.0. The van der Waals surface area contributed by atoms with Crippen molar-refractivity contribution in [3.63, 3.8) is 0 Å². The van der Waals surface area contributed by atoms with Crippen LogP contribution in [0.4, 0.5) is 5.82 Å². The van der Waals surface area contributed by atoms with Crippen LogP contribution in [0.5, 0.6) is 5.88 Å². The number of anilines is 1. The molecule has 232 valence electrons. The molecule has 0 aliphatic carbocycles. The quantitative estimate of drug-likeness (QED) is 0.136. The van der Waals surface area contributed by atoms with E-state index in [9.17, 15) is 4.79 Å². The van der Waals surface area contributed by atoms with Crippen LogP contribution < -0.4 is 15.6 Å². The SMILES string of the molecule is COc1cccc(-c2cn(COCC[Si](C)(C)C)c3ncnc(N[C@@H](C)c4nn5ccc(C)c5c(=O)n4-c4ccccc4)c23)n1. The summed E-state index contributed by atoms with van der Waals surface area (Å²) < 4.78 is 16.9. The number of hydrogen-bond donors (Lipinski definition) is 1. The predicted molar refractivity (Wildman–Crippen MR) is 179 cm³/mol. The number of hydrogen-bond acceptors (Lipinski definition) is 8. The number of aromatic nitrogens is 7. The number of benzene rings is 1. The van der Waals surface area contributed by atoms with Crippen LogP contribution >= 0.6 is 0 Å². The third kappa shape index (κ3) is 6.11. The fourth-order valence-electron chi connectivity index (χ4n) is 5.35. The Morgan fingerprint density at radius 2 is 1.82 bits per heavy atom. The number of fused-ring (bicyclic) bond motifs is 2. The molecular formula is C33H38N8O3Si. The van der Waals surface area contributed by atoms with Crippen LogP contribution in [0, 0.1) is 6.92 Å². The summed E-state index contributed by atoms with van der Waals surface area (Å²) >= 11 is 0. The molecule has 0 amide bonds. The van der Waals surface area contributed by atoms with E-state index in [2.05, 4.69) is 34.9 Å². The number of ether oxygens (including phenoxy) is 2. The maximum absolute atomic E-state index is 13.9. The molecule has 11 nitrogen and oxygen atoms in total. The zero-order chi connectivity index (χ0) is 31.7. The first-order valence-corrected chi connectivity index (χ1v) is 18.7. The molecule has 0 aliphatic rings. The summed E-state index contributed by atoms with van der Waals surface area (Å²) in [5, 5.41) is 9.25. The number of nitrogens with one attached hydrogen (secondary N) is 1. The fourth-order valence-corrected chi connectivity index (χ4v) is 6.11. The number of pyridine rings is 1. The van der Waals surface area contributed by atoms with E-state index in [1.54, 1.807) is 16.2 Å². The van der Waals surface area contributed by atoms with Crippen molar-refractivity contribution in [1.29, 1.82) is 0 Å². The van der Waals surface area contributed by atoms with E-state index in [1.807, 2.05) is 85.4 Å². The number of aryl methyl sites for hydroxylation is 1. The monoisotopic (exact) mass is 622 g/mol. The van der Waals surface area contributed by atoms with Gasteiger partial charge in [-0.25, -0.2) is 19.5 Å². The number of rotatable bonds is 11. The highest BCUT2D eigenvalue weighted by Crippen LogP contribution is 2.35. The lowest BCUT2D eigenvalue weighted by molar-refractivity contribution is 0.0899. The van der Waals surface area contributed by atoms with E-state index in [4.69, 9.17) is 19.6 Å². The second kappa shape index (κ2) is 12.3. The van der Waals surface area contributed by atoms with Gasteiger partial charge in [-0.15, -0.1) is 0 Å². The molecule has 0 saturated heterocycles. The minimum absolute atomic E-state index is 0.141. The third-order valence-corrected chi connectivity index (χ3v) is 9.46. The summed E-state index contributed by atoms with van der Waals surface area (Å²) in [6.45, 7) is 11.9. The molecule has 45 heavy (non-hydrogen) atoms. The van der Waals surface area contributed by atoms with Crippen molar-refractivity contribution in [2.45, 2.75) is 52.3 Å². The van der Waals surface area contributed by atoms with Gasteiger partial charge in [0.25, 0.3) is 5.56 Å². The highest BCUT2D eigenvalue weighted by Gasteiger charge is 2.23. The summed E-state index contributed by atoms with van der Waals surface area (Å²) in [5.41, 5.74) is 4.25. The summed E-state index contributed by atoms with van der Waals surface area (Å²) in [5.74, 6) is 1.63. The van der Waals surface area contributed by atoms with Gasteiger partial charge in [-0.05, 0) is 49.7 Å². The van der Waals surface area contributed by atoms with E-state index in [0.29, 0.717) is 47.7 Å². The Balaban J connectivity index is 1.45. The average Bonchev–Trinajstić information content (AvgIpc) is 3.60. The summed E-state index contributed by atoms with van der Waals surface area (Å²) in [6, 6.07) is 17.8. The number of methoxy groups -OCH3 is 1. The van der Waals surface area contributed by atoms with E-state index in [-0.39, 0.29) is 5.56 Å². The first kappa shape index (κ1) is 30.2. The molecule has 0 spiro atoms. The minimum Gasteiger partial charge on any atom is -0.481 e. The second-order valence-electron chi connectivity index (χ2n) is 12.3. The lowest BCUT2D eigenvalue weighted by Crippen LogP contribution is -2.29. The average molecular weight is 623 g/mol. The minimum atomic E-state index is -1.24. The molecule has 1 atom stereocenters. The molecule has 6 rings (SSSR count). The molecule has 0 saturated carbocycles. The Labute approximate surface area is 262 Å². The summed E-state index contributed by atoms with van der Waals surface area (Å²) in [6.07, 6.45) is 5.35. The smallest absolute Gasteiger partial charge is 0.282 e. The van der Waals surface area contributed by atoms with Crippen molar-refractivity contribution in [2.75, 3.05) is 19.0 Å². The molecule has 0 fully saturated rings. The molecule has 1 aromatic carbocycles. The Morgan fingerprint density at radius 1 is 1.02 bits per heavy atom. The predicted octanol–water partition coefficient (Wildman–Crippen LogP) is 6.09. The zero-order valence-electron chi connectivity index (χ0n) is 26.5. The Morgan fingerprint density at radius 3 is 2.58 bits per heavy atom. The van der Waals surface area contributed by atoms with Crippen LogP contribution in [-0.4, -0.2) is 55.5 Å². The molecule has 5 heterocycles. The van der Waals surface area contributed by atoms with Crippen molar-refractivity contribution in [2.24, 2.45) is 0 Å². The van der Waals surface area contributed by atoms with Gasteiger partial charge in [0, 0.05) is 38.7 Å². The van der Waals surface area contributed by atoms with Crippen LogP contribution in [0.1, 0.15) is 24.4 Å². The highest BCUT2D eigenvalue weighted by atomic mass is 28.3. The molecule has 0 aliphatic heterocycles. The molecule has 0 unspecified atom stereocenters. The van der Waals surface area contributed by atoms with E-state index < -0.39 is 14.1 Å². The van der Waals surface area contributed by atoms with Gasteiger partial charge in [-0.1, -0.05) is 43.9 Å². The van der Waals surface area contributed by atoms with Crippen LogP contribution in [0.2, 0.25) is 25.7 Å². The maximum atomic E-state index is 13.9. The van der Waals surface area contributed by atoms with Crippen molar-refractivity contribution >= 4 is 30.4 Å². The number of para-hydroxylation sites is 1. The third-order valence-electron chi connectivity index (χ3n) is 7.76. The van der Waals surface area contributed by atoms with Gasteiger partial charge in [-0.2, -0.15) is 5.10 Å². The lowest BCUT2D eigenvalue weighted by Gasteiger charge is -2.20. The zero-order valence-corrected chi connectivity index (χ0v) is 27.5. The number of nitrogens with zero attached hydrogens (tertiary/aromatic N) is 7. The van der Waals surface area contributed by atoms with Gasteiger partial charge >= 0.3 is 0 Å². The lowest BCUT2D eigenvalue weighted by atomic mass is 10.1. The first-order chi connectivity index (χ1) is 21.6. The Bertz CT molecular complexity index is 2030. The van der Waals surface area contributed by atoms with Crippen LogP contribution in [0.3, 0.4) is 0 Å². The van der Waals surface area contributed by atoms with Crippen molar-refractivity contribution in [1.82, 2.24) is 33.7 Å². The molecule has 12 heteroatoms. The first-order valence-electron chi connectivity index (χ1n) is 15.0. The van der Waals surface area contributed by atoms with Crippen LogP contribution in [-0.2, 0) is 11.5 Å².